The molecule has 1 heterocycles. The third kappa shape index (κ3) is 2.09. The lowest BCUT2D eigenvalue weighted by Crippen LogP contribution is -2.58. The van der Waals surface area contributed by atoms with E-state index in [2.05, 4.69) is 27.7 Å². The zero-order chi connectivity index (χ0) is 23.5. The molecule has 5 aliphatic rings. The molecule has 0 aromatic carbocycles. The molecule has 6 heteroatoms. The lowest BCUT2D eigenvalue weighted by Gasteiger charge is -2.46. The number of rotatable bonds is 2. The van der Waals surface area contributed by atoms with E-state index in [0.29, 0.717) is 39.0 Å². The van der Waals surface area contributed by atoms with Gasteiger partial charge in [-0.2, -0.15) is 0 Å². The Morgan fingerprint density at radius 2 is 0.906 bits per heavy atom. The van der Waals surface area contributed by atoms with Gasteiger partial charge in [-0.25, -0.2) is 0 Å². The Morgan fingerprint density at radius 1 is 0.594 bits per heavy atom. The van der Waals surface area contributed by atoms with Crippen molar-refractivity contribution in [3.63, 3.8) is 0 Å². The lowest BCUT2D eigenvalue weighted by molar-refractivity contribution is -0.156. The van der Waals surface area contributed by atoms with Crippen molar-refractivity contribution in [2.24, 2.45) is 32.5 Å². The summed E-state index contributed by atoms with van der Waals surface area (Å²) in [4.78, 5) is 56.9. The summed E-state index contributed by atoms with van der Waals surface area (Å²) in [6.45, 7) is 14.5. The molecule has 0 aromatic rings. The number of nitrogens with zero attached hydrogens (tertiary/aromatic N) is 2. The first-order chi connectivity index (χ1) is 14.7. The predicted octanol–water partition coefficient (Wildman–Crippen LogP) is 3.23. The van der Waals surface area contributed by atoms with Crippen molar-refractivity contribution in [1.29, 1.82) is 0 Å². The number of carbonyl (C=O) groups excluding carboxylic acids is 4. The Hall–Kier alpha value is -1.72. The molecule has 5 rings (SSSR count). The Balaban J connectivity index is 1.32. The average molecular weight is 443 g/mol. The van der Waals surface area contributed by atoms with E-state index in [1.54, 1.807) is 0 Å². The van der Waals surface area contributed by atoms with Gasteiger partial charge in [0.1, 0.15) is 11.6 Å². The molecule has 4 atom stereocenters. The van der Waals surface area contributed by atoms with Crippen LogP contribution in [-0.4, -0.2) is 59.4 Å². The highest BCUT2D eigenvalue weighted by atomic mass is 16.2. The van der Waals surface area contributed by atoms with Gasteiger partial charge in [0.25, 0.3) is 0 Å². The number of Topliss-reactive ketones (excluding diaryl/α,β-unsaturated/α-hetero) is 2. The quantitative estimate of drug-likeness (QED) is 0.658. The minimum atomic E-state index is -0.600. The smallest absolute Gasteiger partial charge is 0.229 e. The first kappa shape index (κ1) is 22.1. The second-order valence-electron chi connectivity index (χ2n) is 12.9. The molecule has 1 aliphatic heterocycles. The third-order valence-electron chi connectivity index (χ3n) is 12.1. The van der Waals surface area contributed by atoms with Gasteiger partial charge >= 0.3 is 0 Å². The normalized spacial score (nSPS) is 43.9. The summed E-state index contributed by atoms with van der Waals surface area (Å²) in [6, 6.07) is 0. The molecule has 0 N–H and O–H groups in total. The molecule has 0 aromatic heterocycles. The first-order valence-corrected chi connectivity index (χ1v) is 12.4. The van der Waals surface area contributed by atoms with Crippen LogP contribution in [0.2, 0.25) is 0 Å². The fraction of sp³-hybridized carbons (Fsp3) is 0.846. The Bertz CT molecular complexity index is 869. The number of amides is 2. The fourth-order valence-electron chi connectivity index (χ4n) is 8.38. The largest absolute Gasteiger partial charge is 0.339 e. The van der Waals surface area contributed by atoms with Crippen molar-refractivity contribution in [3.8, 4) is 0 Å². The number of hydrogen-bond acceptors (Lipinski definition) is 4. The van der Waals surface area contributed by atoms with Crippen LogP contribution in [0.3, 0.4) is 0 Å². The average Bonchev–Trinajstić information content (AvgIpc) is 3.21. The molecule has 4 bridgehead atoms. The number of fused-ring (bicyclic) bond motifs is 4. The van der Waals surface area contributed by atoms with Gasteiger partial charge in [0, 0.05) is 49.9 Å². The molecule has 6 nitrogen and oxygen atoms in total. The Morgan fingerprint density at radius 3 is 1.12 bits per heavy atom. The highest BCUT2D eigenvalue weighted by Crippen LogP contribution is 2.72. The standard InChI is InChI=1S/C26H38N2O4/c1-21(2)23(5)7-9-25(21,15-17(23)29)19(31)27-11-13-28(14-12-27)20(32)26-10-8-24(6,18(30)16-26)22(26,3)4/h7-16H2,1-6H3/t23-,24-,25+,26+/m1/s1. The molecule has 2 amide bonds. The van der Waals surface area contributed by atoms with Crippen LogP contribution < -0.4 is 0 Å². The highest BCUT2D eigenvalue weighted by molar-refractivity contribution is 6.01. The van der Waals surface area contributed by atoms with Gasteiger partial charge in [-0.05, 0) is 36.5 Å². The molecule has 5 fully saturated rings. The zero-order valence-electron chi connectivity index (χ0n) is 20.6. The van der Waals surface area contributed by atoms with E-state index >= 15 is 0 Å². The molecule has 4 saturated carbocycles. The number of piperazine rings is 1. The van der Waals surface area contributed by atoms with Crippen molar-refractivity contribution in [2.45, 2.75) is 80.1 Å². The molecule has 1 saturated heterocycles. The van der Waals surface area contributed by atoms with E-state index < -0.39 is 21.7 Å². The molecule has 0 unspecified atom stereocenters. The van der Waals surface area contributed by atoms with E-state index in [1.807, 2.05) is 23.6 Å². The Labute approximate surface area is 191 Å². The topological polar surface area (TPSA) is 74.8 Å². The van der Waals surface area contributed by atoms with Crippen molar-refractivity contribution in [3.05, 3.63) is 0 Å². The van der Waals surface area contributed by atoms with E-state index in [-0.39, 0.29) is 34.2 Å². The molecule has 0 radical (unpaired) electrons. The molecular formula is C26H38N2O4. The van der Waals surface area contributed by atoms with Crippen LogP contribution in [0.5, 0.6) is 0 Å². The molecule has 4 aliphatic carbocycles. The van der Waals surface area contributed by atoms with Crippen LogP contribution >= 0.6 is 0 Å². The molecule has 0 spiro atoms. The molecular weight excluding hydrogens is 404 g/mol. The monoisotopic (exact) mass is 442 g/mol. The van der Waals surface area contributed by atoms with Gasteiger partial charge in [-0.3, -0.25) is 19.2 Å². The van der Waals surface area contributed by atoms with E-state index in [0.717, 1.165) is 25.7 Å². The summed E-state index contributed by atoms with van der Waals surface area (Å²) >= 11 is 0. The van der Waals surface area contributed by atoms with Crippen molar-refractivity contribution in [1.82, 2.24) is 9.80 Å². The second kappa shape index (κ2) is 6.04. The van der Waals surface area contributed by atoms with E-state index in [4.69, 9.17) is 0 Å². The summed E-state index contributed by atoms with van der Waals surface area (Å²) < 4.78 is 0. The maximum absolute atomic E-state index is 13.8. The summed E-state index contributed by atoms with van der Waals surface area (Å²) in [7, 11) is 0. The van der Waals surface area contributed by atoms with E-state index in [9.17, 15) is 19.2 Å². The lowest BCUT2D eigenvalue weighted by atomic mass is 9.64. The van der Waals surface area contributed by atoms with Crippen LogP contribution in [0.15, 0.2) is 0 Å². The zero-order valence-corrected chi connectivity index (χ0v) is 20.6. The van der Waals surface area contributed by atoms with Crippen LogP contribution in [0.4, 0.5) is 0 Å². The third-order valence-corrected chi connectivity index (χ3v) is 12.1. The predicted molar refractivity (Wildman–Crippen MR) is 120 cm³/mol. The summed E-state index contributed by atoms with van der Waals surface area (Å²) in [5.41, 5.74) is -2.70. The SMILES string of the molecule is CC1(C)[C@@]2(C(=O)N3CCN(C(=O)[C@]45CC[C@](C)(C(=O)C4)C5(C)C)CC3)CC[C@]1(C)C(=O)C2. The first-order valence-electron chi connectivity index (χ1n) is 12.4. The van der Waals surface area contributed by atoms with Crippen LogP contribution in [-0.2, 0) is 19.2 Å². The van der Waals surface area contributed by atoms with Crippen LogP contribution in [0.25, 0.3) is 0 Å². The van der Waals surface area contributed by atoms with Crippen LogP contribution in [0.1, 0.15) is 80.1 Å². The number of ketones is 2. The summed E-state index contributed by atoms with van der Waals surface area (Å²) in [5.74, 6) is 0.666. The van der Waals surface area contributed by atoms with E-state index in [1.165, 1.54) is 0 Å². The maximum atomic E-state index is 13.8. The Kier molecular flexibility index (Phi) is 4.17. The molecule has 32 heavy (non-hydrogen) atoms. The molecule has 176 valence electrons. The van der Waals surface area contributed by atoms with Gasteiger partial charge < -0.3 is 9.80 Å². The van der Waals surface area contributed by atoms with Crippen molar-refractivity contribution in [2.75, 3.05) is 26.2 Å². The van der Waals surface area contributed by atoms with Gasteiger partial charge in [0.15, 0.2) is 0 Å². The minimum Gasteiger partial charge on any atom is -0.339 e. The van der Waals surface area contributed by atoms with Crippen molar-refractivity contribution < 1.29 is 19.2 Å². The van der Waals surface area contributed by atoms with Gasteiger partial charge in [-0.15, -0.1) is 0 Å². The highest BCUT2D eigenvalue weighted by Gasteiger charge is 2.74. The number of hydrogen-bond donors (Lipinski definition) is 0. The van der Waals surface area contributed by atoms with Crippen molar-refractivity contribution >= 4 is 23.4 Å². The minimum absolute atomic E-state index is 0.104. The maximum Gasteiger partial charge on any atom is 0.229 e. The van der Waals surface area contributed by atoms with Gasteiger partial charge in [0.05, 0.1) is 10.8 Å². The number of carbonyl (C=O) groups is 4. The second-order valence-corrected chi connectivity index (χ2v) is 12.9. The fourth-order valence-corrected chi connectivity index (χ4v) is 8.38. The van der Waals surface area contributed by atoms with Gasteiger partial charge in [-0.1, -0.05) is 41.5 Å². The summed E-state index contributed by atoms with van der Waals surface area (Å²) in [5, 5.41) is 0. The van der Waals surface area contributed by atoms with Crippen LogP contribution in [0, 0.1) is 32.5 Å². The summed E-state index contributed by atoms with van der Waals surface area (Å²) in [6.07, 6.45) is 3.83. The van der Waals surface area contributed by atoms with Gasteiger partial charge in [0.2, 0.25) is 11.8 Å².